The van der Waals surface area contributed by atoms with Crippen molar-refractivity contribution < 1.29 is 18.7 Å². The molecule has 2 rings (SSSR count). The lowest BCUT2D eigenvalue weighted by Crippen LogP contribution is -2.26. The Morgan fingerprint density at radius 3 is 2.86 bits per heavy atom. The van der Waals surface area contributed by atoms with Gasteiger partial charge >= 0.3 is 5.97 Å². The second kappa shape index (κ2) is 7.06. The summed E-state index contributed by atoms with van der Waals surface area (Å²) in [5.41, 5.74) is 2.46. The molecule has 118 valence electrons. The minimum atomic E-state index is -0.328. The van der Waals surface area contributed by atoms with E-state index in [4.69, 9.17) is 0 Å². The van der Waals surface area contributed by atoms with Crippen LogP contribution >= 0.6 is 0 Å². The number of rotatable bonds is 6. The van der Waals surface area contributed by atoms with Crippen LogP contribution in [0.1, 0.15) is 24.1 Å². The van der Waals surface area contributed by atoms with E-state index in [1.54, 1.807) is 6.07 Å². The highest BCUT2D eigenvalue weighted by Crippen LogP contribution is 2.23. The molecule has 0 fully saturated rings. The molecule has 0 aliphatic rings. The van der Waals surface area contributed by atoms with E-state index in [1.165, 1.54) is 19.2 Å². The van der Waals surface area contributed by atoms with Crippen molar-refractivity contribution in [1.29, 1.82) is 0 Å². The van der Waals surface area contributed by atoms with Crippen molar-refractivity contribution in [1.82, 2.24) is 10.3 Å². The van der Waals surface area contributed by atoms with Gasteiger partial charge in [-0.05, 0) is 37.1 Å². The monoisotopic (exact) mass is 306 g/mol. The van der Waals surface area contributed by atoms with Crippen LogP contribution in [0, 0.1) is 12.7 Å². The number of aromatic amines is 1. The Labute approximate surface area is 127 Å². The lowest BCUT2D eigenvalue weighted by molar-refractivity contribution is -0.140. The van der Waals surface area contributed by atoms with Crippen LogP contribution in [-0.4, -0.2) is 30.5 Å². The van der Waals surface area contributed by atoms with Crippen molar-refractivity contribution in [2.75, 3.05) is 13.7 Å². The van der Waals surface area contributed by atoms with E-state index in [9.17, 15) is 14.0 Å². The average Bonchev–Trinajstić information content (AvgIpc) is 2.79. The van der Waals surface area contributed by atoms with Crippen molar-refractivity contribution in [2.24, 2.45) is 0 Å². The maximum Gasteiger partial charge on any atom is 0.305 e. The van der Waals surface area contributed by atoms with Crippen molar-refractivity contribution in [2.45, 2.75) is 26.2 Å². The highest BCUT2D eigenvalue weighted by Gasteiger charge is 2.13. The molecule has 0 radical (unpaired) electrons. The number of nitrogens with one attached hydrogen (secondary N) is 2. The molecule has 0 aliphatic heterocycles. The normalized spacial score (nSPS) is 10.7. The number of hydrogen-bond donors (Lipinski definition) is 2. The average molecular weight is 306 g/mol. The molecule has 0 unspecified atom stereocenters. The van der Waals surface area contributed by atoms with Gasteiger partial charge in [0, 0.05) is 29.6 Å². The molecule has 1 heterocycles. The molecule has 0 spiro atoms. The summed E-state index contributed by atoms with van der Waals surface area (Å²) in [4.78, 5) is 26.1. The van der Waals surface area contributed by atoms with E-state index in [0.29, 0.717) is 13.0 Å². The Balaban J connectivity index is 1.95. The third-order valence-corrected chi connectivity index (χ3v) is 3.53. The molecule has 1 aromatic heterocycles. The molecule has 0 saturated carbocycles. The van der Waals surface area contributed by atoms with Gasteiger partial charge < -0.3 is 15.0 Å². The van der Waals surface area contributed by atoms with Gasteiger partial charge in [0.05, 0.1) is 13.5 Å². The van der Waals surface area contributed by atoms with Gasteiger partial charge in [0.15, 0.2) is 0 Å². The fraction of sp³-hybridized carbons (Fsp3) is 0.375. The molecule has 1 amide bonds. The zero-order valence-corrected chi connectivity index (χ0v) is 12.7. The third-order valence-electron chi connectivity index (χ3n) is 3.53. The Morgan fingerprint density at radius 1 is 1.36 bits per heavy atom. The van der Waals surface area contributed by atoms with Crippen molar-refractivity contribution in [3.63, 3.8) is 0 Å². The first-order valence-corrected chi connectivity index (χ1v) is 7.11. The van der Waals surface area contributed by atoms with Gasteiger partial charge in [0.2, 0.25) is 5.91 Å². The standard InChI is InChI=1S/C16H19FN2O3/c1-10-12(13-8-11(17)5-6-14(13)19-10)9-15(20)18-7-3-4-16(21)22-2/h5-6,8,19H,3-4,7,9H2,1-2H3,(H,18,20). The van der Waals surface area contributed by atoms with E-state index in [2.05, 4.69) is 15.0 Å². The number of H-pyrrole nitrogens is 1. The predicted molar refractivity (Wildman–Crippen MR) is 81.0 cm³/mol. The second-order valence-corrected chi connectivity index (χ2v) is 5.12. The van der Waals surface area contributed by atoms with E-state index < -0.39 is 0 Å². The molecule has 5 nitrogen and oxygen atoms in total. The SMILES string of the molecule is COC(=O)CCCNC(=O)Cc1c(C)[nH]c2ccc(F)cc12. The Morgan fingerprint density at radius 2 is 2.14 bits per heavy atom. The summed E-state index contributed by atoms with van der Waals surface area (Å²) >= 11 is 0. The Kier molecular flexibility index (Phi) is 5.14. The summed E-state index contributed by atoms with van der Waals surface area (Å²) in [5, 5.41) is 3.48. The molecule has 2 N–H and O–H groups in total. The van der Waals surface area contributed by atoms with Crippen molar-refractivity contribution in [3.8, 4) is 0 Å². The number of esters is 1. The fourth-order valence-corrected chi connectivity index (χ4v) is 2.37. The summed E-state index contributed by atoms with van der Waals surface area (Å²) in [6.07, 6.45) is 0.974. The minimum Gasteiger partial charge on any atom is -0.469 e. The van der Waals surface area contributed by atoms with Crippen molar-refractivity contribution in [3.05, 3.63) is 35.3 Å². The minimum absolute atomic E-state index is 0.155. The van der Waals surface area contributed by atoms with E-state index >= 15 is 0 Å². The number of methoxy groups -OCH3 is 1. The largest absolute Gasteiger partial charge is 0.469 e. The molecule has 1 aromatic carbocycles. The molecule has 22 heavy (non-hydrogen) atoms. The number of ether oxygens (including phenoxy) is 1. The Hall–Kier alpha value is -2.37. The quantitative estimate of drug-likeness (QED) is 0.635. The number of carbonyl (C=O) groups excluding carboxylic acids is 2. The maximum absolute atomic E-state index is 13.4. The van der Waals surface area contributed by atoms with Crippen LogP contribution in [0.5, 0.6) is 0 Å². The maximum atomic E-state index is 13.4. The van der Waals surface area contributed by atoms with Gasteiger partial charge in [-0.15, -0.1) is 0 Å². The molecule has 0 saturated heterocycles. The first-order chi connectivity index (χ1) is 10.5. The van der Waals surface area contributed by atoms with Crippen LogP contribution < -0.4 is 5.32 Å². The number of halogens is 1. The number of benzene rings is 1. The lowest BCUT2D eigenvalue weighted by atomic mass is 10.1. The first-order valence-electron chi connectivity index (χ1n) is 7.11. The van der Waals surface area contributed by atoms with E-state index in [1.807, 2.05) is 6.92 Å². The van der Waals surface area contributed by atoms with Crippen LogP contribution in [0.25, 0.3) is 10.9 Å². The van der Waals surface area contributed by atoms with E-state index in [0.717, 1.165) is 22.2 Å². The van der Waals surface area contributed by atoms with Crippen LogP contribution in [0.3, 0.4) is 0 Å². The van der Waals surface area contributed by atoms with Crippen molar-refractivity contribution >= 4 is 22.8 Å². The molecule has 2 aromatic rings. The number of aryl methyl sites for hydroxylation is 1. The predicted octanol–water partition coefficient (Wildman–Crippen LogP) is 2.23. The number of hydrogen-bond acceptors (Lipinski definition) is 3. The number of fused-ring (bicyclic) bond motifs is 1. The van der Waals surface area contributed by atoms with Crippen LogP contribution in [-0.2, 0) is 20.7 Å². The summed E-state index contributed by atoms with van der Waals surface area (Å²) in [6.45, 7) is 2.27. The topological polar surface area (TPSA) is 71.2 Å². The third kappa shape index (κ3) is 3.84. The second-order valence-electron chi connectivity index (χ2n) is 5.12. The summed E-state index contributed by atoms with van der Waals surface area (Å²) < 4.78 is 17.9. The van der Waals surface area contributed by atoms with Gasteiger partial charge in [-0.2, -0.15) is 0 Å². The fourth-order valence-electron chi connectivity index (χ4n) is 2.37. The van der Waals surface area contributed by atoms with Gasteiger partial charge in [-0.25, -0.2) is 4.39 Å². The smallest absolute Gasteiger partial charge is 0.305 e. The summed E-state index contributed by atoms with van der Waals surface area (Å²) in [5.74, 6) is -0.776. The summed E-state index contributed by atoms with van der Waals surface area (Å²) in [7, 11) is 1.33. The lowest BCUT2D eigenvalue weighted by Gasteiger charge is -2.05. The molecule has 0 bridgehead atoms. The molecular weight excluding hydrogens is 287 g/mol. The van der Waals surface area contributed by atoms with Crippen LogP contribution in [0.2, 0.25) is 0 Å². The van der Waals surface area contributed by atoms with Gasteiger partial charge in [0.25, 0.3) is 0 Å². The number of carbonyl (C=O) groups is 2. The zero-order valence-electron chi connectivity index (χ0n) is 12.7. The van der Waals surface area contributed by atoms with E-state index in [-0.39, 0.29) is 30.5 Å². The van der Waals surface area contributed by atoms with Gasteiger partial charge in [-0.1, -0.05) is 0 Å². The molecular formula is C16H19FN2O3. The summed E-state index contributed by atoms with van der Waals surface area (Å²) in [6, 6.07) is 4.48. The number of amides is 1. The zero-order chi connectivity index (χ0) is 16.1. The Bertz CT molecular complexity index is 694. The highest BCUT2D eigenvalue weighted by molar-refractivity contribution is 5.90. The van der Waals surface area contributed by atoms with Crippen LogP contribution in [0.4, 0.5) is 4.39 Å². The number of aromatic nitrogens is 1. The highest BCUT2D eigenvalue weighted by atomic mass is 19.1. The van der Waals surface area contributed by atoms with Gasteiger partial charge in [0.1, 0.15) is 5.82 Å². The molecule has 0 aliphatic carbocycles. The van der Waals surface area contributed by atoms with Crippen LogP contribution in [0.15, 0.2) is 18.2 Å². The van der Waals surface area contributed by atoms with Gasteiger partial charge in [-0.3, -0.25) is 9.59 Å². The molecule has 6 heteroatoms. The molecule has 0 atom stereocenters. The first kappa shape index (κ1) is 16.0.